The van der Waals surface area contributed by atoms with Gasteiger partial charge >= 0.3 is 0 Å². The second-order valence-corrected chi connectivity index (χ2v) is 7.39. The fourth-order valence-corrected chi connectivity index (χ4v) is 4.23. The number of hydrogen-bond donors (Lipinski definition) is 1. The summed E-state index contributed by atoms with van der Waals surface area (Å²) in [5.74, 6) is 1.00. The third-order valence-corrected chi connectivity index (χ3v) is 5.17. The molecular weight excluding hydrogens is 325 g/mol. The molecule has 0 fully saturated rings. The van der Waals surface area contributed by atoms with Gasteiger partial charge in [0, 0.05) is 17.5 Å². The summed E-state index contributed by atoms with van der Waals surface area (Å²) in [6.45, 7) is 3.82. The number of benzene rings is 1. The minimum Gasteiger partial charge on any atom is -0.493 e. The molecule has 1 unspecified atom stereocenters. The van der Waals surface area contributed by atoms with Crippen LogP contribution in [-0.4, -0.2) is 13.2 Å². The molecule has 2 heterocycles. The van der Waals surface area contributed by atoms with Crippen LogP contribution in [0.4, 0.5) is 0 Å². The van der Waals surface area contributed by atoms with Crippen molar-refractivity contribution in [2.24, 2.45) is 0 Å². The summed E-state index contributed by atoms with van der Waals surface area (Å²) in [4.78, 5) is 0. The molecule has 1 aromatic carbocycles. The van der Waals surface area contributed by atoms with Crippen LogP contribution in [0.5, 0.6) is 5.75 Å². The van der Waals surface area contributed by atoms with E-state index in [0.29, 0.717) is 4.34 Å². The van der Waals surface area contributed by atoms with Crippen LogP contribution in [-0.2, 0) is 6.42 Å². The SMILES string of the molecule is CCCNC(c1cc(Cl)sc1Cl)c1cccc2c1OCC2. The van der Waals surface area contributed by atoms with Crippen molar-refractivity contribution in [1.82, 2.24) is 5.32 Å². The van der Waals surface area contributed by atoms with Crippen LogP contribution in [0.1, 0.15) is 36.1 Å². The summed E-state index contributed by atoms with van der Waals surface area (Å²) in [6, 6.07) is 8.31. The van der Waals surface area contributed by atoms with E-state index in [4.69, 9.17) is 27.9 Å². The Labute approximate surface area is 139 Å². The molecular formula is C16H17Cl2NOS. The second kappa shape index (κ2) is 6.57. The molecule has 1 atom stereocenters. The van der Waals surface area contributed by atoms with E-state index in [1.54, 1.807) is 0 Å². The maximum atomic E-state index is 6.37. The van der Waals surface area contributed by atoms with Crippen molar-refractivity contribution >= 4 is 34.5 Å². The highest BCUT2D eigenvalue weighted by Gasteiger charge is 2.25. The summed E-state index contributed by atoms with van der Waals surface area (Å²) in [5, 5.41) is 3.57. The van der Waals surface area contributed by atoms with Gasteiger partial charge < -0.3 is 10.1 Å². The van der Waals surface area contributed by atoms with Gasteiger partial charge in [0.15, 0.2) is 0 Å². The average molecular weight is 342 g/mol. The van der Waals surface area contributed by atoms with Gasteiger partial charge in [0.2, 0.25) is 0 Å². The van der Waals surface area contributed by atoms with Crippen molar-refractivity contribution in [2.45, 2.75) is 25.8 Å². The van der Waals surface area contributed by atoms with Crippen LogP contribution in [0.25, 0.3) is 0 Å². The van der Waals surface area contributed by atoms with Gasteiger partial charge in [0.1, 0.15) is 5.75 Å². The van der Waals surface area contributed by atoms with E-state index in [9.17, 15) is 0 Å². The smallest absolute Gasteiger partial charge is 0.127 e. The first kappa shape index (κ1) is 15.2. The highest BCUT2D eigenvalue weighted by atomic mass is 35.5. The van der Waals surface area contributed by atoms with Crippen molar-refractivity contribution in [3.05, 3.63) is 49.6 Å². The first-order valence-corrected chi connectivity index (χ1v) is 8.70. The third kappa shape index (κ3) is 3.07. The average Bonchev–Trinajstić information content (AvgIpc) is 3.06. The van der Waals surface area contributed by atoms with Crippen LogP contribution in [0.15, 0.2) is 24.3 Å². The number of para-hydroxylation sites is 1. The molecule has 21 heavy (non-hydrogen) atoms. The largest absolute Gasteiger partial charge is 0.493 e. The molecule has 112 valence electrons. The Morgan fingerprint density at radius 3 is 2.90 bits per heavy atom. The van der Waals surface area contributed by atoms with Crippen LogP contribution in [0.3, 0.4) is 0 Å². The van der Waals surface area contributed by atoms with Gasteiger partial charge in [-0.2, -0.15) is 0 Å². The molecule has 0 aliphatic carbocycles. The van der Waals surface area contributed by atoms with Crippen LogP contribution in [0, 0.1) is 0 Å². The zero-order valence-electron chi connectivity index (χ0n) is 11.8. The number of nitrogens with one attached hydrogen (secondary N) is 1. The number of thiophene rings is 1. The van der Waals surface area contributed by atoms with Crippen LogP contribution < -0.4 is 10.1 Å². The van der Waals surface area contributed by atoms with Crippen molar-refractivity contribution < 1.29 is 4.74 Å². The fraction of sp³-hybridized carbons (Fsp3) is 0.375. The Balaban J connectivity index is 2.04. The zero-order chi connectivity index (χ0) is 14.8. The summed E-state index contributed by atoms with van der Waals surface area (Å²) in [6.07, 6.45) is 2.03. The van der Waals surface area contributed by atoms with E-state index in [1.165, 1.54) is 16.9 Å². The summed E-state index contributed by atoms with van der Waals surface area (Å²) in [5.41, 5.74) is 3.45. The lowest BCUT2D eigenvalue weighted by Crippen LogP contribution is -2.23. The standard InChI is InChI=1S/C16H17Cl2NOS/c1-2-7-19-14(12-9-13(17)21-16(12)18)11-5-3-4-10-6-8-20-15(10)11/h3-5,9,14,19H,2,6-8H2,1H3. The molecule has 1 aliphatic heterocycles. The lowest BCUT2D eigenvalue weighted by Gasteiger charge is -2.21. The molecule has 2 nitrogen and oxygen atoms in total. The van der Waals surface area contributed by atoms with Crippen LogP contribution >= 0.6 is 34.5 Å². The maximum Gasteiger partial charge on any atom is 0.127 e. The Morgan fingerprint density at radius 2 is 2.19 bits per heavy atom. The Bertz CT molecular complexity index is 641. The molecule has 0 radical (unpaired) electrons. The van der Waals surface area contributed by atoms with E-state index < -0.39 is 0 Å². The summed E-state index contributed by atoms with van der Waals surface area (Å²) < 4.78 is 7.30. The van der Waals surface area contributed by atoms with Gasteiger partial charge in [-0.05, 0) is 24.6 Å². The lowest BCUT2D eigenvalue weighted by molar-refractivity contribution is 0.350. The molecule has 1 aliphatic rings. The minimum atomic E-state index is 0.0225. The predicted octanol–water partition coefficient (Wildman–Crippen LogP) is 5.08. The normalized spacial score (nSPS) is 14.8. The zero-order valence-corrected chi connectivity index (χ0v) is 14.1. The molecule has 1 N–H and O–H groups in total. The van der Waals surface area contributed by atoms with Crippen molar-refractivity contribution in [2.75, 3.05) is 13.2 Å². The molecule has 5 heteroatoms. The molecule has 0 saturated heterocycles. The molecule has 0 saturated carbocycles. The van der Waals surface area contributed by atoms with E-state index in [0.717, 1.165) is 47.2 Å². The van der Waals surface area contributed by atoms with Crippen molar-refractivity contribution in [3.8, 4) is 5.75 Å². The highest BCUT2D eigenvalue weighted by molar-refractivity contribution is 7.20. The van der Waals surface area contributed by atoms with Gasteiger partial charge in [-0.3, -0.25) is 0 Å². The Kier molecular flexibility index (Phi) is 4.75. The quantitative estimate of drug-likeness (QED) is 0.818. The number of hydrogen-bond acceptors (Lipinski definition) is 3. The van der Waals surface area contributed by atoms with E-state index in [-0.39, 0.29) is 6.04 Å². The van der Waals surface area contributed by atoms with Gasteiger partial charge in [0.05, 0.1) is 21.3 Å². The van der Waals surface area contributed by atoms with Crippen molar-refractivity contribution in [1.29, 1.82) is 0 Å². The molecule has 2 aromatic rings. The Morgan fingerprint density at radius 1 is 1.33 bits per heavy atom. The van der Waals surface area contributed by atoms with E-state index in [2.05, 4.69) is 30.4 Å². The van der Waals surface area contributed by atoms with Gasteiger partial charge in [0.25, 0.3) is 0 Å². The highest BCUT2D eigenvalue weighted by Crippen LogP contribution is 2.41. The third-order valence-electron chi connectivity index (χ3n) is 3.65. The van der Waals surface area contributed by atoms with Gasteiger partial charge in [-0.25, -0.2) is 0 Å². The van der Waals surface area contributed by atoms with E-state index >= 15 is 0 Å². The number of fused-ring (bicyclic) bond motifs is 1. The lowest BCUT2D eigenvalue weighted by atomic mass is 9.97. The second-order valence-electron chi connectivity index (χ2n) is 5.10. The van der Waals surface area contributed by atoms with E-state index in [1.807, 2.05) is 6.07 Å². The topological polar surface area (TPSA) is 21.3 Å². The van der Waals surface area contributed by atoms with Gasteiger partial charge in [-0.1, -0.05) is 48.3 Å². The Hall–Kier alpha value is -0.740. The molecule has 3 rings (SSSR count). The molecule has 0 spiro atoms. The maximum absolute atomic E-state index is 6.37. The monoisotopic (exact) mass is 341 g/mol. The number of ether oxygens (including phenoxy) is 1. The summed E-state index contributed by atoms with van der Waals surface area (Å²) >= 11 is 13.9. The van der Waals surface area contributed by atoms with Crippen LogP contribution in [0.2, 0.25) is 8.67 Å². The first-order valence-electron chi connectivity index (χ1n) is 7.13. The molecule has 0 bridgehead atoms. The molecule has 0 amide bonds. The summed E-state index contributed by atoms with van der Waals surface area (Å²) in [7, 11) is 0. The molecule has 1 aromatic heterocycles. The first-order chi connectivity index (χ1) is 10.2. The number of rotatable bonds is 5. The fourth-order valence-electron chi connectivity index (χ4n) is 2.69. The number of halogens is 2. The van der Waals surface area contributed by atoms with Crippen molar-refractivity contribution in [3.63, 3.8) is 0 Å². The predicted molar refractivity (Wildman–Crippen MR) is 90.1 cm³/mol. The van der Waals surface area contributed by atoms with Gasteiger partial charge in [-0.15, -0.1) is 11.3 Å². The minimum absolute atomic E-state index is 0.0225.